The van der Waals surface area contributed by atoms with E-state index in [1.807, 2.05) is 36.4 Å². The lowest BCUT2D eigenvalue weighted by Crippen LogP contribution is -2.60. The van der Waals surface area contributed by atoms with Crippen LogP contribution in [-0.4, -0.2) is 115 Å². The van der Waals surface area contributed by atoms with E-state index in [1.54, 1.807) is 12.1 Å². The molecule has 12 nitrogen and oxygen atoms in total. The number of hydrogen-bond donors (Lipinski definition) is 7. The van der Waals surface area contributed by atoms with Gasteiger partial charge in [0, 0.05) is 45.2 Å². The zero-order chi connectivity index (χ0) is 36.1. The SMILES string of the molecule is O=C(CCc1ccc(O)cc1)c1c(O[C@@H]2O[C@H](CO)[C@@H](O)[C@H](O)[C@H]2O)cc(O)c(CN2CCN(C(c3ccccc3)c3ccccc3)CC2)c1O. The van der Waals surface area contributed by atoms with Crippen molar-refractivity contribution in [2.24, 2.45) is 0 Å². The normalized spacial score (nSPS) is 23.0. The topological polar surface area (TPSA) is 184 Å². The molecule has 4 aromatic rings. The number of aryl methyl sites for hydroxylation is 1. The van der Waals surface area contributed by atoms with Gasteiger partial charge in [0.25, 0.3) is 0 Å². The highest BCUT2D eigenvalue weighted by atomic mass is 16.7. The number of benzene rings is 4. The van der Waals surface area contributed by atoms with Crippen LogP contribution in [0.2, 0.25) is 0 Å². The summed E-state index contributed by atoms with van der Waals surface area (Å²) in [4.78, 5) is 18.3. The second-order valence-electron chi connectivity index (χ2n) is 13.0. The third-order valence-electron chi connectivity index (χ3n) is 9.68. The average molecular weight is 701 g/mol. The Morgan fingerprint density at radius 2 is 1.41 bits per heavy atom. The Morgan fingerprint density at radius 3 is 2.00 bits per heavy atom. The molecule has 0 radical (unpaired) electrons. The molecule has 4 aromatic carbocycles. The van der Waals surface area contributed by atoms with Crippen LogP contribution in [0.5, 0.6) is 23.0 Å². The van der Waals surface area contributed by atoms with E-state index < -0.39 is 48.8 Å². The Labute approximate surface area is 296 Å². The second-order valence-corrected chi connectivity index (χ2v) is 13.0. The standard InChI is InChI=1S/C39H44N2O10/c42-23-32-36(47)37(48)38(49)39(51-32)50-31-21-30(45)28(35(46)33(31)29(44)16-13-24-11-14-27(43)15-12-24)22-40-17-19-41(20-18-40)34(25-7-3-1-4-8-25)26-9-5-2-6-10-26/h1-12,14-15,21,32,34,36-39,42-43,45-49H,13,16-20,22-23H2/t32-,36-,37+,38-,39-/m1/s1. The van der Waals surface area contributed by atoms with Gasteiger partial charge in [-0.15, -0.1) is 0 Å². The summed E-state index contributed by atoms with van der Waals surface area (Å²) >= 11 is 0. The molecule has 51 heavy (non-hydrogen) atoms. The summed E-state index contributed by atoms with van der Waals surface area (Å²) in [5, 5.41) is 73.3. The number of phenols is 3. The maximum Gasteiger partial charge on any atom is 0.229 e. The Balaban J connectivity index is 1.24. The van der Waals surface area contributed by atoms with E-state index in [0.29, 0.717) is 26.2 Å². The fourth-order valence-corrected chi connectivity index (χ4v) is 6.81. The summed E-state index contributed by atoms with van der Waals surface area (Å²) in [5.41, 5.74) is 3.00. The van der Waals surface area contributed by atoms with Crippen LogP contribution in [0.25, 0.3) is 0 Å². The highest BCUT2D eigenvalue weighted by molar-refractivity contribution is 6.02. The van der Waals surface area contributed by atoms with Crippen LogP contribution in [0.3, 0.4) is 0 Å². The number of phenolic OH excluding ortho intramolecular Hbond substituents is 3. The maximum atomic E-state index is 13.8. The van der Waals surface area contributed by atoms with Gasteiger partial charge in [0.15, 0.2) is 5.78 Å². The van der Waals surface area contributed by atoms with E-state index in [1.165, 1.54) is 29.3 Å². The van der Waals surface area contributed by atoms with Gasteiger partial charge in [-0.25, -0.2) is 0 Å². The number of rotatable bonds is 12. The molecule has 2 fully saturated rings. The first-order chi connectivity index (χ1) is 24.6. The van der Waals surface area contributed by atoms with Gasteiger partial charge in [-0.3, -0.25) is 14.6 Å². The third kappa shape index (κ3) is 8.18. The first kappa shape index (κ1) is 36.3. The fraction of sp³-hybridized carbons (Fsp3) is 0.359. The summed E-state index contributed by atoms with van der Waals surface area (Å²) in [6.07, 6.45) is -7.88. The number of Topliss-reactive ketones (excluding diaryl/α,β-unsaturated/α-hetero) is 1. The van der Waals surface area contributed by atoms with Crippen molar-refractivity contribution in [3.8, 4) is 23.0 Å². The minimum absolute atomic E-state index is 0.0491. The molecule has 270 valence electrons. The van der Waals surface area contributed by atoms with Crippen molar-refractivity contribution in [3.63, 3.8) is 0 Å². The van der Waals surface area contributed by atoms with E-state index in [4.69, 9.17) is 9.47 Å². The van der Waals surface area contributed by atoms with Crippen LogP contribution in [0.1, 0.15) is 45.1 Å². The van der Waals surface area contributed by atoms with Crippen LogP contribution in [0.4, 0.5) is 0 Å². The van der Waals surface area contributed by atoms with E-state index in [9.17, 15) is 40.5 Å². The molecule has 7 N–H and O–H groups in total. The minimum atomic E-state index is -1.78. The molecule has 0 amide bonds. The molecule has 12 heteroatoms. The number of aliphatic hydroxyl groups is 4. The molecule has 0 aromatic heterocycles. The summed E-state index contributed by atoms with van der Waals surface area (Å²) in [5.74, 6) is -1.58. The number of carbonyl (C=O) groups excluding carboxylic acids is 1. The van der Waals surface area contributed by atoms with Crippen molar-refractivity contribution in [2.45, 2.75) is 56.1 Å². The van der Waals surface area contributed by atoms with Crippen molar-refractivity contribution >= 4 is 5.78 Å². The molecule has 0 aliphatic carbocycles. The smallest absolute Gasteiger partial charge is 0.229 e. The highest BCUT2D eigenvalue weighted by Gasteiger charge is 2.45. The van der Waals surface area contributed by atoms with Crippen molar-refractivity contribution in [1.82, 2.24) is 9.80 Å². The van der Waals surface area contributed by atoms with Gasteiger partial charge < -0.3 is 45.2 Å². The Kier molecular flexibility index (Phi) is 11.5. The summed E-state index contributed by atoms with van der Waals surface area (Å²) in [6, 6.07) is 28.2. The predicted octanol–water partition coefficient (Wildman–Crippen LogP) is 2.70. The van der Waals surface area contributed by atoms with Gasteiger partial charge in [-0.1, -0.05) is 72.8 Å². The lowest BCUT2D eigenvalue weighted by Gasteiger charge is -2.40. The van der Waals surface area contributed by atoms with Gasteiger partial charge in [0.2, 0.25) is 6.29 Å². The zero-order valence-corrected chi connectivity index (χ0v) is 28.0. The number of ketones is 1. The van der Waals surface area contributed by atoms with Gasteiger partial charge in [-0.05, 0) is 35.2 Å². The van der Waals surface area contributed by atoms with Gasteiger partial charge in [-0.2, -0.15) is 0 Å². The van der Waals surface area contributed by atoms with Crippen LogP contribution >= 0.6 is 0 Å². The quantitative estimate of drug-likeness (QED) is 0.108. The number of ether oxygens (including phenoxy) is 2. The highest BCUT2D eigenvalue weighted by Crippen LogP contribution is 2.41. The molecule has 2 saturated heterocycles. The van der Waals surface area contributed by atoms with Crippen molar-refractivity contribution in [1.29, 1.82) is 0 Å². The molecule has 0 unspecified atom stereocenters. The lowest BCUT2D eigenvalue weighted by atomic mass is 9.96. The summed E-state index contributed by atoms with van der Waals surface area (Å²) in [7, 11) is 0. The number of aromatic hydroxyl groups is 3. The van der Waals surface area contributed by atoms with E-state index in [2.05, 4.69) is 34.1 Å². The lowest BCUT2D eigenvalue weighted by molar-refractivity contribution is -0.277. The number of aliphatic hydroxyl groups excluding tert-OH is 4. The molecule has 2 aliphatic heterocycles. The monoisotopic (exact) mass is 700 g/mol. The van der Waals surface area contributed by atoms with Crippen molar-refractivity contribution in [3.05, 3.63) is 119 Å². The van der Waals surface area contributed by atoms with Crippen molar-refractivity contribution < 1.29 is 50.0 Å². The minimum Gasteiger partial charge on any atom is -0.508 e. The summed E-state index contributed by atoms with van der Waals surface area (Å²) in [6.45, 7) is 2.07. The third-order valence-corrected chi connectivity index (χ3v) is 9.68. The zero-order valence-electron chi connectivity index (χ0n) is 28.0. The molecule has 6 rings (SSSR count). The maximum absolute atomic E-state index is 13.8. The number of piperazine rings is 1. The Bertz CT molecular complexity index is 1710. The molecule has 5 atom stereocenters. The molecule has 0 bridgehead atoms. The van der Waals surface area contributed by atoms with Crippen LogP contribution in [0.15, 0.2) is 91.0 Å². The molecular weight excluding hydrogens is 656 g/mol. The van der Waals surface area contributed by atoms with Gasteiger partial charge in [0.1, 0.15) is 53.0 Å². The van der Waals surface area contributed by atoms with Crippen molar-refractivity contribution in [2.75, 3.05) is 32.8 Å². The Morgan fingerprint density at radius 1 is 0.804 bits per heavy atom. The van der Waals surface area contributed by atoms with E-state index in [0.717, 1.165) is 5.56 Å². The fourth-order valence-electron chi connectivity index (χ4n) is 6.81. The molecule has 2 heterocycles. The predicted molar refractivity (Wildman–Crippen MR) is 187 cm³/mol. The second kappa shape index (κ2) is 16.2. The molecular formula is C39H44N2O10. The van der Waals surface area contributed by atoms with Gasteiger partial charge in [0.05, 0.1) is 18.2 Å². The average Bonchev–Trinajstić information content (AvgIpc) is 3.15. The Hall–Kier alpha value is -4.53. The van der Waals surface area contributed by atoms with Gasteiger partial charge >= 0.3 is 0 Å². The molecule has 2 aliphatic rings. The van der Waals surface area contributed by atoms with Crippen LogP contribution in [-0.2, 0) is 17.7 Å². The molecule has 0 spiro atoms. The first-order valence-electron chi connectivity index (χ1n) is 17.1. The summed E-state index contributed by atoms with van der Waals surface area (Å²) < 4.78 is 11.3. The van der Waals surface area contributed by atoms with Crippen LogP contribution in [0, 0.1) is 0 Å². The first-order valence-corrected chi connectivity index (χ1v) is 17.1. The number of carbonyl (C=O) groups is 1. The largest absolute Gasteiger partial charge is 0.508 e. The number of nitrogens with zero attached hydrogens (tertiary/aromatic N) is 2. The van der Waals surface area contributed by atoms with E-state index in [-0.39, 0.29) is 53.8 Å². The number of hydrogen-bond acceptors (Lipinski definition) is 12. The molecule has 0 saturated carbocycles. The van der Waals surface area contributed by atoms with Crippen LogP contribution < -0.4 is 4.74 Å². The van der Waals surface area contributed by atoms with E-state index >= 15 is 0 Å².